The highest BCUT2D eigenvalue weighted by molar-refractivity contribution is 5.40. The van der Waals surface area contributed by atoms with Crippen LogP contribution in [0.1, 0.15) is 38.2 Å². The van der Waals surface area contributed by atoms with Crippen LogP contribution < -0.4 is 14.8 Å². The van der Waals surface area contributed by atoms with Gasteiger partial charge in [0.05, 0.1) is 19.3 Å². The van der Waals surface area contributed by atoms with E-state index in [1.54, 1.807) is 7.11 Å². The summed E-state index contributed by atoms with van der Waals surface area (Å²) in [4.78, 5) is 0. The summed E-state index contributed by atoms with van der Waals surface area (Å²) in [6.07, 6.45) is 5.37. The molecule has 116 valence electrons. The zero-order chi connectivity index (χ0) is 14.7. The van der Waals surface area contributed by atoms with Crippen LogP contribution in [0.3, 0.4) is 0 Å². The van der Waals surface area contributed by atoms with E-state index in [1.165, 1.54) is 18.4 Å². The molecule has 0 aromatic heterocycles. The Morgan fingerprint density at radius 1 is 1.24 bits per heavy atom. The van der Waals surface area contributed by atoms with Gasteiger partial charge >= 0.3 is 0 Å². The first-order valence-corrected chi connectivity index (χ1v) is 7.93. The van der Waals surface area contributed by atoms with Crippen molar-refractivity contribution < 1.29 is 14.2 Å². The first kappa shape index (κ1) is 14.7. The largest absolute Gasteiger partial charge is 0.497 e. The van der Waals surface area contributed by atoms with Crippen LogP contribution in [0.4, 0.5) is 0 Å². The third-order valence-corrected chi connectivity index (χ3v) is 4.18. The summed E-state index contributed by atoms with van der Waals surface area (Å²) in [6, 6.07) is 6.74. The fraction of sp³-hybridized carbons (Fsp3) is 0.647. The van der Waals surface area contributed by atoms with Crippen molar-refractivity contribution in [1.29, 1.82) is 0 Å². The molecule has 1 aliphatic heterocycles. The SMILES string of the molecule is COc1ccc(CNC2CC2)c(OCC2CCC(C)O2)c1. The molecule has 2 aliphatic rings. The normalized spacial score (nSPS) is 25.0. The molecule has 0 radical (unpaired) electrons. The molecule has 4 heteroatoms. The first-order chi connectivity index (χ1) is 10.2. The molecule has 1 saturated heterocycles. The monoisotopic (exact) mass is 291 g/mol. The standard InChI is InChI=1S/C17H25NO3/c1-12-3-7-16(21-12)11-20-17-9-15(19-2)8-4-13(17)10-18-14-5-6-14/h4,8-9,12,14,16,18H,3,5-7,10-11H2,1-2H3. The van der Waals surface area contributed by atoms with Gasteiger partial charge in [-0.1, -0.05) is 6.07 Å². The van der Waals surface area contributed by atoms with Crippen LogP contribution in [-0.2, 0) is 11.3 Å². The van der Waals surface area contributed by atoms with Crippen LogP contribution in [0, 0.1) is 0 Å². The summed E-state index contributed by atoms with van der Waals surface area (Å²) in [5.74, 6) is 1.74. The smallest absolute Gasteiger partial charge is 0.127 e. The Labute approximate surface area is 126 Å². The summed E-state index contributed by atoms with van der Waals surface area (Å²) in [6.45, 7) is 3.59. The Hall–Kier alpha value is -1.26. The van der Waals surface area contributed by atoms with Gasteiger partial charge in [0.1, 0.15) is 18.1 Å². The molecule has 0 bridgehead atoms. The lowest BCUT2D eigenvalue weighted by Crippen LogP contribution is -2.20. The van der Waals surface area contributed by atoms with E-state index in [0.29, 0.717) is 18.8 Å². The lowest BCUT2D eigenvalue weighted by atomic mass is 10.2. The number of methoxy groups -OCH3 is 1. The quantitative estimate of drug-likeness (QED) is 0.838. The Balaban J connectivity index is 1.61. The Morgan fingerprint density at radius 2 is 2.10 bits per heavy atom. The highest BCUT2D eigenvalue weighted by Crippen LogP contribution is 2.28. The summed E-state index contributed by atoms with van der Waals surface area (Å²) in [7, 11) is 1.68. The highest BCUT2D eigenvalue weighted by atomic mass is 16.5. The molecule has 2 atom stereocenters. The molecule has 0 amide bonds. The van der Waals surface area contributed by atoms with E-state index in [2.05, 4.69) is 18.3 Å². The third-order valence-electron chi connectivity index (χ3n) is 4.18. The van der Waals surface area contributed by atoms with Crippen LogP contribution in [-0.4, -0.2) is 32.0 Å². The van der Waals surface area contributed by atoms with E-state index >= 15 is 0 Å². The van der Waals surface area contributed by atoms with Crippen molar-refractivity contribution >= 4 is 0 Å². The molecular weight excluding hydrogens is 266 g/mol. The number of rotatable bonds is 7. The molecule has 1 N–H and O–H groups in total. The van der Waals surface area contributed by atoms with Crippen LogP contribution in [0.2, 0.25) is 0 Å². The van der Waals surface area contributed by atoms with E-state index in [0.717, 1.165) is 30.9 Å². The molecule has 1 heterocycles. The second kappa shape index (κ2) is 6.67. The van der Waals surface area contributed by atoms with Crippen LogP contribution >= 0.6 is 0 Å². The fourth-order valence-corrected chi connectivity index (χ4v) is 2.67. The molecule has 0 spiro atoms. The summed E-state index contributed by atoms with van der Waals surface area (Å²) < 4.78 is 17.1. The Kier molecular flexibility index (Phi) is 4.66. The van der Waals surface area contributed by atoms with Gasteiger partial charge in [-0.25, -0.2) is 0 Å². The van der Waals surface area contributed by atoms with Crippen LogP contribution in [0.5, 0.6) is 11.5 Å². The maximum Gasteiger partial charge on any atom is 0.127 e. The van der Waals surface area contributed by atoms with E-state index in [1.807, 2.05) is 12.1 Å². The van der Waals surface area contributed by atoms with Crippen molar-refractivity contribution in [3.63, 3.8) is 0 Å². The first-order valence-electron chi connectivity index (χ1n) is 7.93. The van der Waals surface area contributed by atoms with Crippen molar-refractivity contribution in [2.24, 2.45) is 0 Å². The van der Waals surface area contributed by atoms with Gasteiger partial charge in [-0.05, 0) is 38.7 Å². The minimum atomic E-state index is 0.218. The Bertz CT molecular complexity index is 473. The summed E-state index contributed by atoms with van der Waals surface area (Å²) in [5.41, 5.74) is 1.19. The zero-order valence-corrected chi connectivity index (χ0v) is 12.9. The number of benzene rings is 1. The second-order valence-corrected chi connectivity index (χ2v) is 6.09. The van der Waals surface area contributed by atoms with Crippen molar-refractivity contribution in [2.75, 3.05) is 13.7 Å². The summed E-state index contributed by atoms with van der Waals surface area (Å²) >= 11 is 0. The van der Waals surface area contributed by atoms with E-state index < -0.39 is 0 Å². The van der Waals surface area contributed by atoms with Crippen LogP contribution in [0.15, 0.2) is 18.2 Å². The van der Waals surface area contributed by atoms with Gasteiger partial charge in [0.2, 0.25) is 0 Å². The average molecular weight is 291 g/mol. The summed E-state index contributed by atoms with van der Waals surface area (Å²) in [5, 5.41) is 3.53. The molecule has 4 nitrogen and oxygen atoms in total. The maximum absolute atomic E-state index is 6.02. The number of ether oxygens (including phenoxy) is 3. The van der Waals surface area contributed by atoms with Gasteiger partial charge in [0.25, 0.3) is 0 Å². The molecule has 21 heavy (non-hydrogen) atoms. The van der Waals surface area contributed by atoms with Crippen molar-refractivity contribution in [1.82, 2.24) is 5.32 Å². The van der Waals surface area contributed by atoms with E-state index in [-0.39, 0.29) is 6.10 Å². The molecule has 1 aromatic rings. The zero-order valence-electron chi connectivity index (χ0n) is 12.9. The van der Waals surface area contributed by atoms with Gasteiger partial charge in [0.15, 0.2) is 0 Å². The van der Waals surface area contributed by atoms with Crippen molar-refractivity contribution in [3.8, 4) is 11.5 Å². The van der Waals surface area contributed by atoms with Crippen molar-refractivity contribution in [3.05, 3.63) is 23.8 Å². The predicted molar refractivity (Wildman–Crippen MR) is 81.9 cm³/mol. The molecule has 1 aliphatic carbocycles. The highest BCUT2D eigenvalue weighted by Gasteiger charge is 2.23. The topological polar surface area (TPSA) is 39.7 Å². The molecule has 1 aromatic carbocycles. The van der Waals surface area contributed by atoms with Gasteiger partial charge < -0.3 is 19.5 Å². The van der Waals surface area contributed by atoms with Gasteiger partial charge in [-0.3, -0.25) is 0 Å². The minimum Gasteiger partial charge on any atom is -0.497 e. The molecule has 3 rings (SSSR count). The van der Waals surface area contributed by atoms with Crippen molar-refractivity contribution in [2.45, 2.75) is 57.4 Å². The predicted octanol–water partition coefficient (Wildman–Crippen LogP) is 2.89. The number of nitrogens with one attached hydrogen (secondary N) is 1. The third kappa shape index (κ3) is 4.11. The van der Waals surface area contributed by atoms with Gasteiger partial charge in [-0.15, -0.1) is 0 Å². The number of hydrogen-bond acceptors (Lipinski definition) is 4. The minimum absolute atomic E-state index is 0.218. The van der Waals surface area contributed by atoms with E-state index in [4.69, 9.17) is 14.2 Å². The maximum atomic E-state index is 6.02. The lowest BCUT2D eigenvalue weighted by Gasteiger charge is -2.16. The number of hydrogen-bond donors (Lipinski definition) is 1. The van der Waals surface area contributed by atoms with E-state index in [9.17, 15) is 0 Å². The lowest BCUT2D eigenvalue weighted by molar-refractivity contribution is 0.0262. The average Bonchev–Trinajstić information content (AvgIpc) is 3.24. The second-order valence-electron chi connectivity index (χ2n) is 6.09. The molecule has 2 unspecified atom stereocenters. The van der Waals surface area contributed by atoms with Crippen LogP contribution in [0.25, 0.3) is 0 Å². The molecule has 1 saturated carbocycles. The van der Waals surface area contributed by atoms with Gasteiger partial charge in [0, 0.05) is 24.2 Å². The molecular formula is C17H25NO3. The Morgan fingerprint density at radius 3 is 2.76 bits per heavy atom. The molecule has 2 fully saturated rings. The van der Waals surface area contributed by atoms with Gasteiger partial charge in [-0.2, -0.15) is 0 Å². The fourth-order valence-electron chi connectivity index (χ4n) is 2.67.